The SMILES string of the molecule is Cc1ccc2c(c1)Cc1c(nc(-c3ccc(F)cc3)nc1SCC(=O)Nc1ccccc1Cl)O2. The number of rotatable bonds is 5. The van der Waals surface area contributed by atoms with Gasteiger partial charge in [-0.25, -0.2) is 9.37 Å². The number of aryl methyl sites for hydroxylation is 1. The molecule has 1 amide bonds. The number of nitrogens with zero attached hydrogens (tertiary/aromatic N) is 2. The Hall–Kier alpha value is -3.42. The third-order valence-corrected chi connectivity index (χ3v) is 6.66. The standard InChI is InChI=1S/C26H19ClFN3O2S/c1-15-6-11-22-17(12-15)13-19-25(33-22)30-24(16-7-9-18(28)10-8-16)31-26(19)34-14-23(32)29-21-5-3-2-4-20(21)27/h2-12H,13-14H2,1H3,(H,29,32). The van der Waals surface area contributed by atoms with Gasteiger partial charge >= 0.3 is 0 Å². The number of thioether (sulfide) groups is 1. The molecule has 0 spiro atoms. The smallest absolute Gasteiger partial charge is 0.234 e. The molecule has 34 heavy (non-hydrogen) atoms. The van der Waals surface area contributed by atoms with E-state index in [0.29, 0.717) is 39.4 Å². The van der Waals surface area contributed by atoms with E-state index in [0.717, 1.165) is 22.4 Å². The van der Waals surface area contributed by atoms with Crippen molar-refractivity contribution in [1.29, 1.82) is 0 Å². The molecule has 4 aromatic rings. The van der Waals surface area contributed by atoms with Crippen LogP contribution in [0, 0.1) is 12.7 Å². The number of ether oxygens (including phenoxy) is 1. The summed E-state index contributed by atoms with van der Waals surface area (Å²) in [5.74, 6) is 1.17. The molecule has 0 bridgehead atoms. The summed E-state index contributed by atoms with van der Waals surface area (Å²) in [6.45, 7) is 2.03. The first-order valence-electron chi connectivity index (χ1n) is 10.6. The summed E-state index contributed by atoms with van der Waals surface area (Å²) in [5, 5.41) is 3.94. The Morgan fingerprint density at radius 3 is 2.71 bits per heavy atom. The van der Waals surface area contributed by atoms with E-state index < -0.39 is 0 Å². The molecule has 0 fully saturated rings. The number of nitrogens with one attached hydrogen (secondary N) is 1. The Labute approximate surface area is 205 Å². The average molecular weight is 492 g/mol. The third kappa shape index (κ3) is 4.76. The van der Waals surface area contributed by atoms with Gasteiger partial charge in [-0.2, -0.15) is 4.98 Å². The topological polar surface area (TPSA) is 64.1 Å². The number of halogens is 2. The van der Waals surface area contributed by atoms with E-state index in [9.17, 15) is 9.18 Å². The van der Waals surface area contributed by atoms with Crippen LogP contribution in [-0.2, 0) is 11.2 Å². The van der Waals surface area contributed by atoms with Crippen molar-refractivity contribution < 1.29 is 13.9 Å². The monoisotopic (exact) mass is 491 g/mol. The van der Waals surface area contributed by atoms with Crippen molar-refractivity contribution in [3.8, 4) is 23.0 Å². The molecule has 170 valence electrons. The summed E-state index contributed by atoms with van der Waals surface area (Å²) in [6, 6.07) is 19.0. The number of fused-ring (bicyclic) bond motifs is 2. The van der Waals surface area contributed by atoms with Crippen molar-refractivity contribution in [2.45, 2.75) is 18.4 Å². The second-order valence-electron chi connectivity index (χ2n) is 7.85. The number of hydrogen-bond acceptors (Lipinski definition) is 5. The van der Waals surface area contributed by atoms with Crippen LogP contribution in [0.15, 0.2) is 71.8 Å². The quantitative estimate of drug-likeness (QED) is 0.220. The van der Waals surface area contributed by atoms with Gasteiger partial charge in [-0.15, -0.1) is 0 Å². The maximum absolute atomic E-state index is 13.4. The zero-order valence-corrected chi connectivity index (χ0v) is 19.7. The number of benzene rings is 3. The van der Waals surface area contributed by atoms with Gasteiger partial charge in [-0.05, 0) is 55.0 Å². The predicted octanol–water partition coefficient (Wildman–Crippen LogP) is 6.67. The maximum atomic E-state index is 13.4. The van der Waals surface area contributed by atoms with Gasteiger partial charge in [0.1, 0.15) is 16.6 Å². The van der Waals surface area contributed by atoms with Crippen LogP contribution in [0.3, 0.4) is 0 Å². The van der Waals surface area contributed by atoms with E-state index >= 15 is 0 Å². The fourth-order valence-corrected chi connectivity index (χ4v) is 4.66. The van der Waals surface area contributed by atoms with Crippen molar-refractivity contribution >= 4 is 35.0 Å². The van der Waals surface area contributed by atoms with Crippen LogP contribution in [0.5, 0.6) is 11.6 Å². The van der Waals surface area contributed by atoms with Crippen LogP contribution < -0.4 is 10.1 Å². The Balaban J connectivity index is 1.46. The van der Waals surface area contributed by atoms with Gasteiger partial charge in [0.25, 0.3) is 0 Å². The number of aromatic nitrogens is 2. The van der Waals surface area contributed by atoms with Gasteiger partial charge < -0.3 is 10.1 Å². The molecule has 0 atom stereocenters. The fourth-order valence-electron chi connectivity index (χ4n) is 3.65. The Kier molecular flexibility index (Phi) is 6.22. The highest BCUT2D eigenvalue weighted by Crippen LogP contribution is 2.40. The normalized spacial score (nSPS) is 11.9. The highest BCUT2D eigenvalue weighted by molar-refractivity contribution is 8.00. The van der Waals surface area contributed by atoms with E-state index in [1.807, 2.05) is 19.1 Å². The molecular weight excluding hydrogens is 473 g/mol. The molecule has 8 heteroatoms. The molecule has 0 aliphatic carbocycles. The lowest BCUT2D eigenvalue weighted by Crippen LogP contribution is -2.15. The zero-order valence-electron chi connectivity index (χ0n) is 18.1. The second-order valence-corrected chi connectivity index (χ2v) is 9.22. The zero-order chi connectivity index (χ0) is 23.7. The highest BCUT2D eigenvalue weighted by atomic mass is 35.5. The molecule has 5 rings (SSSR count). The summed E-state index contributed by atoms with van der Waals surface area (Å²) in [7, 11) is 0. The summed E-state index contributed by atoms with van der Waals surface area (Å²) in [5.41, 5.74) is 4.19. The first-order chi connectivity index (χ1) is 16.5. The minimum absolute atomic E-state index is 0.123. The number of anilines is 1. The Morgan fingerprint density at radius 2 is 1.91 bits per heavy atom. The largest absolute Gasteiger partial charge is 0.438 e. The van der Waals surface area contributed by atoms with Crippen molar-refractivity contribution in [3.63, 3.8) is 0 Å². The molecule has 1 aromatic heterocycles. The van der Waals surface area contributed by atoms with Crippen molar-refractivity contribution in [1.82, 2.24) is 9.97 Å². The molecule has 5 nitrogen and oxygen atoms in total. The summed E-state index contributed by atoms with van der Waals surface area (Å²) in [6.07, 6.45) is 0.588. The van der Waals surface area contributed by atoms with Crippen LogP contribution in [0.2, 0.25) is 5.02 Å². The molecule has 2 heterocycles. The van der Waals surface area contributed by atoms with Gasteiger partial charge in [0.15, 0.2) is 5.82 Å². The van der Waals surface area contributed by atoms with E-state index in [4.69, 9.17) is 21.3 Å². The average Bonchev–Trinajstić information content (AvgIpc) is 2.83. The number of para-hydroxylation sites is 1. The molecule has 1 aliphatic heterocycles. The molecule has 3 aromatic carbocycles. The molecule has 0 radical (unpaired) electrons. The lowest BCUT2D eigenvalue weighted by atomic mass is 10.0. The van der Waals surface area contributed by atoms with Crippen LogP contribution >= 0.6 is 23.4 Å². The minimum Gasteiger partial charge on any atom is -0.438 e. The molecular formula is C26H19ClFN3O2S. The van der Waals surface area contributed by atoms with E-state index in [1.54, 1.807) is 36.4 Å². The van der Waals surface area contributed by atoms with E-state index in [2.05, 4.69) is 16.4 Å². The second kappa shape index (κ2) is 9.44. The van der Waals surface area contributed by atoms with Gasteiger partial charge in [-0.1, -0.05) is 53.2 Å². The van der Waals surface area contributed by atoms with E-state index in [-0.39, 0.29) is 17.5 Å². The van der Waals surface area contributed by atoms with Crippen LogP contribution in [0.25, 0.3) is 11.4 Å². The Morgan fingerprint density at radius 1 is 1.12 bits per heavy atom. The first kappa shape index (κ1) is 22.4. The summed E-state index contributed by atoms with van der Waals surface area (Å²) in [4.78, 5) is 22.0. The number of hydrogen-bond donors (Lipinski definition) is 1. The first-order valence-corrected chi connectivity index (χ1v) is 11.9. The number of amides is 1. The highest BCUT2D eigenvalue weighted by Gasteiger charge is 2.25. The minimum atomic E-state index is -0.340. The van der Waals surface area contributed by atoms with Gasteiger partial charge in [-0.3, -0.25) is 4.79 Å². The van der Waals surface area contributed by atoms with Crippen molar-refractivity contribution in [3.05, 3.63) is 94.3 Å². The number of carbonyl (C=O) groups is 1. The third-order valence-electron chi connectivity index (χ3n) is 5.31. The van der Waals surface area contributed by atoms with Gasteiger partial charge in [0, 0.05) is 12.0 Å². The van der Waals surface area contributed by atoms with E-state index in [1.165, 1.54) is 23.9 Å². The van der Waals surface area contributed by atoms with Gasteiger partial charge in [0.2, 0.25) is 11.8 Å². The van der Waals surface area contributed by atoms with Crippen LogP contribution in [-0.4, -0.2) is 21.6 Å². The maximum Gasteiger partial charge on any atom is 0.234 e. The summed E-state index contributed by atoms with van der Waals surface area (Å²) >= 11 is 7.45. The van der Waals surface area contributed by atoms with Crippen LogP contribution in [0.1, 0.15) is 16.7 Å². The lowest BCUT2D eigenvalue weighted by Gasteiger charge is -2.22. The predicted molar refractivity (Wildman–Crippen MR) is 132 cm³/mol. The fraction of sp³-hybridized carbons (Fsp3) is 0.115. The number of carbonyl (C=O) groups excluding carboxylic acids is 1. The van der Waals surface area contributed by atoms with Crippen molar-refractivity contribution in [2.24, 2.45) is 0 Å². The van der Waals surface area contributed by atoms with Crippen LogP contribution in [0.4, 0.5) is 10.1 Å². The molecule has 1 aliphatic rings. The van der Waals surface area contributed by atoms with Gasteiger partial charge in [0.05, 0.1) is 22.0 Å². The summed E-state index contributed by atoms with van der Waals surface area (Å²) < 4.78 is 19.6. The molecule has 0 unspecified atom stereocenters. The Bertz CT molecular complexity index is 1400. The molecule has 0 saturated heterocycles. The molecule has 0 saturated carbocycles. The molecule has 1 N–H and O–H groups in total. The van der Waals surface area contributed by atoms with Crippen molar-refractivity contribution in [2.75, 3.05) is 11.1 Å². The lowest BCUT2D eigenvalue weighted by molar-refractivity contribution is -0.113.